The highest BCUT2D eigenvalue weighted by Crippen LogP contribution is 2.29. The molecule has 2 aromatic rings. The van der Waals surface area contributed by atoms with Crippen LogP contribution in [0.3, 0.4) is 0 Å². The Morgan fingerprint density at radius 1 is 1.33 bits per heavy atom. The summed E-state index contributed by atoms with van der Waals surface area (Å²) in [7, 11) is 0. The number of aromatic nitrogens is 1. The van der Waals surface area contributed by atoms with Crippen molar-refractivity contribution in [1.82, 2.24) is 4.98 Å². The van der Waals surface area contributed by atoms with Crippen molar-refractivity contribution >= 4 is 56.4 Å². The normalized spacial score (nSPS) is 10.2. The van der Waals surface area contributed by atoms with Crippen LogP contribution in [0.5, 0.6) is 0 Å². The molecule has 2 rings (SSSR count). The fourth-order valence-corrected chi connectivity index (χ4v) is 2.23. The molecule has 0 saturated heterocycles. The van der Waals surface area contributed by atoms with Crippen molar-refractivity contribution in [2.45, 2.75) is 0 Å². The zero-order valence-electron chi connectivity index (χ0n) is 10.1. The number of carbonyl (C=O) groups excluding carboxylic acids is 1. The molecule has 0 saturated carbocycles. The van der Waals surface area contributed by atoms with Gasteiger partial charge in [-0.3, -0.25) is 14.9 Å². The van der Waals surface area contributed by atoms with Gasteiger partial charge < -0.3 is 5.32 Å². The third-order valence-electron chi connectivity index (χ3n) is 2.47. The van der Waals surface area contributed by atoms with Crippen LogP contribution in [0, 0.1) is 10.1 Å². The summed E-state index contributed by atoms with van der Waals surface area (Å²) in [5.74, 6) is -0.616. The van der Waals surface area contributed by atoms with E-state index < -0.39 is 10.8 Å². The highest BCUT2D eigenvalue weighted by molar-refractivity contribution is 9.10. The number of nitrogens with one attached hydrogen (secondary N) is 1. The number of nitro groups is 1. The summed E-state index contributed by atoms with van der Waals surface area (Å²) in [6.45, 7) is 0. The molecule has 0 fully saturated rings. The van der Waals surface area contributed by atoms with E-state index in [2.05, 4.69) is 26.2 Å². The average molecular weight is 391 g/mol. The fourth-order valence-electron chi connectivity index (χ4n) is 1.54. The van der Waals surface area contributed by atoms with Crippen molar-refractivity contribution in [3.63, 3.8) is 0 Å². The molecule has 0 aliphatic heterocycles. The first-order valence-corrected chi connectivity index (χ1v) is 6.99. The summed E-state index contributed by atoms with van der Waals surface area (Å²) >= 11 is 14.7. The Hall–Kier alpha value is -1.70. The number of anilines is 1. The molecule has 0 unspecified atom stereocenters. The number of rotatable bonds is 3. The predicted octanol–water partition coefficient (Wildman–Crippen LogP) is 4.31. The lowest BCUT2D eigenvalue weighted by Gasteiger charge is -2.07. The molecule has 1 aromatic heterocycles. The molecule has 0 spiro atoms. The van der Waals surface area contributed by atoms with Crippen LogP contribution in [0.1, 0.15) is 10.4 Å². The Kier molecular flexibility index (Phi) is 4.76. The van der Waals surface area contributed by atoms with E-state index in [1.807, 2.05) is 0 Å². The standard InChI is InChI=1S/C12H6BrCl2N3O3/c13-6-1-2-9(10(3-6)18(20)21)17-12(19)7-4-11(15)16-5-8(7)14/h1-5H,(H,17,19). The summed E-state index contributed by atoms with van der Waals surface area (Å²) in [4.78, 5) is 26.2. The second-order valence-electron chi connectivity index (χ2n) is 3.86. The molecule has 0 atom stereocenters. The molecular formula is C12H6BrCl2N3O3. The molecule has 0 aliphatic carbocycles. The Bertz CT molecular complexity index is 740. The Balaban J connectivity index is 2.36. The minimum Gasteiger partial charge on any atom is -0.316 e. The highest BCUT2D eigenvalue weighted by atomic mass is 79.9. The van der Waals surface area contributed by atoms with E-state index in [-0.39, 0.29) is 27.1 Å². The number of pyridine rings is 1. The Morgan fingerprint density at radius 3 is 2.71 bits per heavy atom. The third kappa shape index (κ3) is 3.69. The fraction of sp³-hybridized carbons (Fsp3) is 0. The molecule has 0 aliphatic rings. The molecule has 1 N–H and O–H groups in total. The van der Waals surface area contributed by atoms with Crippen LogP contribution in [-0.4, -0.2) is 15.8 Å². The van der Waals surface area contributed by atoms with Crippen molar-refractivity contribution in [1.29, 1.82) is 0 Å². The lowest BCUT2D eigenvalue weighted by molar-refractivity contribution is -0.384. The largest absolute Gasteiger partial charge is 0.316 e. The van der Waals surface area contributed by atoms with Gasteiger partial charge in [0, 0.05) is 16.7 Å². The van der Waals surface area contributed by atoms with Gasteiger partial charge >= 0.3 is 0 Å². The van der Waals surface area contributed by atoms with E-state index in [0.717, 1.165) is 0 Å². The lowest BCUT2D eigenvalue weighted by atomic mass is 10.2. The van der Waals surface area contributed by atoms with Crippen molar-refractivity contribution in [3.05, 3.63) is 60.8 Å². The SMILES string of the molecule is O=C(Nc1ccc(Br)cc1[N+](=O)[O-])c1cc(Cl)ncc1Cl. The monoisotopic (exact) mass is 389 g/mol. The molecule has 1 heterocycles. The van der Waals surface area contributed by atoms with E-state index in [0.29, 0.717) is 4.47 Å². The van der Waals surface area contributed by atoms with Crippen LogP contribution in [0.4, 0.5) is 11.4 Å². The zero-order chi connectivity index (χ0) is 15.6. The maximum atomic E-state index is 12.1. The number of nitrogens with zero attached hydrogens (tertiary/aromatic N) is 2. The summed E-state index contributed by atoms with van der Waals surface area (Å²) in [5.41, 5.74) is -0.111. The van der Waals surface area contributed by atoms with Gasteiger partial charge in [0.1, 0.15) is 10.8 Å². The van der Waals surface area contributed by atoms with Crippen LogP contribution in [0.25, 0.3) is 0 Å². The maximum absolute atomic E-state index is 12.1. The van der Waals surface area contributed by atoms with E-state index >= 15 is 0 Å². The Labute approximate surface area is 137 Å². The van der Waals surface area contributed by atoms with E-state index in [1.54, 1.807) is 6.07 Å². The first kappa shape index (κ1) is 15.7. The molecule has 1 amide bonds. The molecule has 0 bridgehead atoms. The van der Waals surface area contributed by atoms with Crippen LogP contribution < -0.4 is 5.32 Å². The van der Waals surface area contributed by atoms with Crippen molar-refractivity contribution < 1.29 is 9.72 Å². The summed E-state index contributed by atoms with van der Waals surface area (Å²) in [6.07, 6.45) is 1.23. The first-order chi connectivity index (χ1) is 9.88. The smallest absolute Gasteiger partial charge is 0.293 e. The van der Waals surface area contributed by atoms with E-state index in [9.17, 15) is 14.9 Å². The quantitative estimate of drug-likeness (QED) is 0.480. The number of benzene rings is 1. The predicted molar refractivity (Wildman–Crippen MR) is 83.0 cm³/mol. The summed E-state index contributed by atoms with van der Waals surface area (Å²) < 4.78 is 0.525. The van der Waals surface area contributed by atoms with Crippen LogP contribution in [0.2, 0.25) is 10.2 Å². The van der Waals surface area contributed by atoms with Crippen molar-refractivity contribution in [2.24, 2.45) is 0 Å². The summed E-state index contributed by atoms with van der Waals surface area (Å²) in [6, 6.07) is 5.56. The number of halogens is 3. The van der Waals surface area contributed by atoms with Gasteiger partial charge in [0.25, 0.3) is 11.6 Å². The number of amides is 1. The second-order valence-corrected chi connectivity index (χ2v) is 5.57. The van der Waals surface area contributed by atoms with Crippen LogP contribution >= 0.6 is 39.1 Å². The van der Waals surface area contributed by atoms with Crippen LogP contribution in [0.15, 0.2) is 34.9 Å². The molecule has 0 radical (unpaired) electrons. The number of hydrogen-bond donors (Lipinski definition) is 1. The van der Waals surface area contributed by atoms with Crippen molar-refractivity contribution in [2.75, 3.05) is 5.32 Å². The molecule has 108 valence electrons. The Morgan fingerprint density at radius 2 is 2.05 bits per heavy atom. The average Bonchev–Trinajstić information content (AvgIpc) is 2.43. The second kappa shape index (κ2) is 6.38. The first-order valence-electron chi connectivity index (χ1n) is 5.45. The molecule has 9 heteroatoms. The molecule has 21 heavy (non-hydrogen) atoms. The summed E-state index contributed by atoms with van der Waals surface area (Å²) in [5, 5.41) is 13.6. The number of hydrogen-bond acceptors (Lipinski definition) is 4. The molecular weight excluding hydrogens is 385 g/mol. The van der Waals surface area contributed by atoms with Gasteiger partial charge in [0.05, 0.1) is 15.5 Å². The van der Waals surface area contributed by atoms with E-state index in [4.69, 9.17) is 23.2 Å². The van der Waals surface area contributed by atoms with Crippen LogP contribution in [-0.2, 0) is 0 Å². The van der Waals surface area contributed by atoms with Gasteiger partial charge in [-0.05, 0) is 18.2 Å². The van der Waals surface area contributed by atoms with Gasteiger partial charge in [-0.2, -0.15) is 0 Å². The third-order valence-corrected chi connectivity index (χ3v) is 3.47. The lowest BCUT2D eigenvalue weighted by Crippen LogP contribution is -2.14. The zero-order valence-corrected chi connectivity index (χ0v) is 13.2. The maximum Gasteiger partial charge on any atom is 0.293 e. The van der Waals surface area contributed by atoms with Gasteiger partial charge in [-0.1, -0.05) is 39.1 Å². The van der Waals surface area contributed by atoms with Gasteiger partial charge in [0.15, 0.2) is 0 Å². The highest BCUT2D eigenvalue weighted by Gasteiger charge is 2.19. The number of carbonyl (C=O) groups is 1. The molecule has 1 aromatic carbocycles. The number of nitro benzene ring substituents is 1. The minimum atomic E-state index is -0.616. The van der Waals surface area contributed by atoms with Crippen molar-refractivity contribution in [3.8, 4) is 0 Å². The minimum absolute atomic E-state index is 0.0530. The van der Waals surface area contributed by atoms with E-state index in [1.165, 1.54) is 24.4 Å². The topological polar surface area (TPSA) is 85.1 Å². The van der Waals surface area contributed by atoms with Gasteiger partial charge in [-0.15, -0.1) is 0 Å². The molecule has 6 nitrogen and oxygen atoms in total. The van der Waals surface area contributed by atoms with Gasteiger partial charge in [0.2, 0.25) is 0 Å². The van der Waals surface area contributed by atoms with Gasteiger partial charge in [-0.25, -0.2) is 4.98 Å².